The molecule has 2 aromatic carbocycles. The molecular formula is C24H23ClN4O2. The lowest BCUT2D eigenvalue weighted by Crippen LogP contribution is -2.35. The van der Waals surface area contributed by atoms with E-state index in [4.69, 9.17) is 21.3 Å². The van der Waals surface area contributed by atoms with E-state index in [0.717, 1.165) is 41.9 Å². The molecule has 0 radical (unpaired) electrons. The van der Waals surface area contributed by atoms with Gasteiger partial charge in [0.1, 0.15) is 5.75 Å². The number of carbonyl (C=O) groups excluding carboxylic acids is 1. The largest absolute Gasteiger partial charge is 0.497 e. The molecule has 3 heterocycles. The number of hydrogen-bond acceptors (Lipinski definition) is 4. The number of halogens is 1. The minimum absolute atomic E-state index is 0.0341. The van der Waals surface area contributed by atoms with Crippen molar-refractivity contribution in [3.05, 3.63) is 71.4 Å². The van der Waals surface area contributed by atoms with Gasteiger partial charge in [0.2, 0.25) is 0 Å². The molecule has 0 bridgehead atoms. The third-order valence-corrected chi connectivity index (χ3v) is 6.04. The van der Waals surface area contributed by atoms with Gasteiger partial charge in [-0.15, -0.1) is 0 Å². The molecule has 0 unspecified atom stereocenters. The van der Waals surface area contributed by atoms with Crippen LogP contribution < -0.4 is 9.64 Å². The van der Waals surface area contributed by atoms with E-state index in [9.17, 15) is 4.79 Å². The Hall–Kier alpha value is -3.25. The van der Waals surface area contributed by atoms with Crippen LogP contribution in [0.5, 0.6) is 5.75 Å². The van der Waals surface area contributed by atoms with Gasteiger partial charge in [-0.25, -0.2) is 4.98 Å². The van der Waals surface area contributed by atoms with Crippen LogP contribution in [-0.2, 0) is 0 Å². The van der Waals surface area contributed by atoms with Gasteiger partial charge in [-0.3, -0.25) is 4.79 Å². The van der Waals surface area contributed by atoms with Crippen molar-refractivity contribution in [1.29, 1.82) is 0 Å². The van der Waals surface area contributed by atoms with Gasteiger partial charge in [0.25, 0.3) is 5.91 Å². The average molecular weight is 435 g/mol. The van der Waals surface area contributed by atoms with E-state index in [2.05, 4.69) is 15.4 Å². The van der Waals surface area contributed by atoms with E-state index in [1.54, 1.807) is 13.2 Å². The van der Waals surface area contributed by atoms with Crippen LogP contribution in [-0.4, -0.2) is 53.5 Å². The molecule has 1 saturated heterocycles. The highest BCUT2D eigenvalue weighted by Crippen LogP contribution is 2.28. The molecule has 5 rings (SSSR count). The number of fused-ring (bicyclic) bond motifs is 3. The number of carbonyl (C=O) groups is 1. The van der Waals surface area contributed by atoms with Crippen LogP contribution in [0.2, 0.25) is 5.02 Å². The smallest absolute Gasteiger partial charge is 0.254 e. The van der Waals surface area contributed by atoms with E-state index in [1.165, 1.54) is 0 Å². The summed E-state index contributed by atoms with van der Waals surface area (Å²) < 4.78 is 7.42. The van der Waals surface area contributed by atoms with Crippen molar-refractivity contribution >= 4 is 39.9 Å². The van der Waals surface area contributed by atoms with E-state index >= 15 is 0 Å². The number of ether oxygens (including phenoxy) is 1. The molecule has 7 heteroatoms. The number of amides is 1. The predicted octanol–water partition coefficient (Wildman–Crippen LogP) is 4.50. The van der Waals surface area contributed by atoms with Gasteiger partial charge in [0.05, 0.1) is 23.7 Å². The first-order chi connectivity index (χ1) is 15.1. The van der Waals surface area contributed by atoms with Gasteiger partial charge in [-0.05, 0) is 55.0 Å². The van der Waals surface area contributed by atoms with Crippen LogP contribution in [0.25, 0.3) is 16.6 Å². The van der Waals surface area contributed by atoms with Crippen LogP contribution >= 0.6 is 11.6 Å². The number of methoxy groups -OCH3 is 1. The summed E-state index contributed by atoms with van der Waals surface area (Å²) in [5.41, 5.74) is 3.60. The van der Waals surface area contributed by atoms with Gasteiger partial charge < -0.3 is 18.9 Å². The standard InChI is InChI=1S/C24H23ClN4O2/c1-31-19-6-2-5-17(15-19)24(30)28-11-4-10-27(13-14-28)23-22-7-3-12-29(22)21-9-8-18(25)16-20(21)26-23/h2-3,5-9,12,15-16H,4,10-11,13-14H2,1H3. The van der Waals surface area contributed by atoms with Crippen molar-refractivity contribution in [2.45, 2.75) is 6.42 Å². The molecule has 0 saturated carbocycles. The summed E-state index contributed by atoms with van der Waals surface area (Å²) in [6.07, 6.45) is 2.92. The molecule has 0 spiro atoms. The van der Waals surface area contributed by atoms with E-state index in [1.807, 2.05) is 53.6 Å². The first-order valence-corrected chi connectivity index (χ1v) is 10.8. The fourth-order valence-electron chi connectivity index (χ4n) is 4.24. The highest BCUT2D eigenvalue weighted by Gasteiger charge is 2.23. The average Bonchev–Trinajstić information content (AvgIpc) is 3.16. The van der Waals surface area contributed by atoms with Gasteiger partial charge in [0.15, 0.2) is 5.82 Å². The molecule has 158 valence electrons. The van der Waals surface area contributed by atoms with Crippen LogP contribution in [0.4, 0.5) is 5.82 Å². The zero-order valence-corrected chi connectivity index (χ0v) is 18.0. The number of aromatic nitrogens is 2. The second-order valence-electron chi connectivity index (χ2n) is 7.70. The summed E-state index contributed by atoms with van der Waals surface area (Å²) in [5.74, 6) is 1.65. The van der Waals surface area contributed by atoms with Crippen LogP contribution in [0.1, 0.15) is 16.8 Å². The van der Waals surface area contributed by atoms with Crippen LogP contribution in [0, 0.1) is 0 Å². The number of anilines is 1. The molecule has 4 aromatic rings. The Bertz CT molecular complexity index is 1270. The molecule has 0 atom stereocenters. The second-order valence-corrected chi connectivity index (χ2v) is 8.13. The Morgan fingerprint density at radius 3 is 2.77 bits per heavy atom. The second kappa shape index (κ2) is 8.12. The molecule has 1 fully saturated rings. The van der Waals surface area contributed by atoms with Crippen molar-refractivity contribution in [2.75, 3.05) is 38.2 Å². The summed E-state index contributed by atoms with van der Waals surface area (Å²) in [6, 6.07) is 17.2. The van der Waals surface area contributed by atoms with Crippen molar-refractivity contribution in [3.8, 4) is 5.75 Å². The molecule has 1 amide bonds. The van der Waals surface area contributed by atoms with Crippen molar-refractivity contribution < 1.29 is 9.53 Å². The summed E-state index contributed by atoms with van der Waals surface area (Å²) in [7, 11) is 1.61. The molecule has 1 aliphatic heterocycles. The Morgan fingerprint density at radius 1 is 1.00 bits per heavy atom. The third kappa shape index (κ3) is 3.68. The minimum atomic E-state index is 0.0341. The quantitative estimate of drug-likeness (QED) is 0.476. The SMILES string of the molecule is COc1cccc(C(=O)N2CCCN(c3nc4cc(Cl)ccc4n4cccc34)CC2)c1. The topological polar surface area (TPSA) is 50.1 Å². The number of hydrogen-bond donors (Lipinski definition) is 0. The molecular weight excluding hydrogens is 412 g/mol. The van der Waals surface area contributed by atoms with E-state index < -0.39 is 0 Å². The Morgan fingerprint density at radius 2 is 1.90 bits per heavy atom. The minimum Gasteiger partial charge on any atom is -0.497 e. The third-order valence-electron chi connectivity index (χ3n) is 5.80. The van der Waals surface area contributed by atoms with Gasteiger partial charge in [-0.2, -0.15) is 0 Å². The first-order valence-electron chi connectivity index (χ1n) is 10.4. The maximum absolute atomic E-state index is 13.1. The monoisotopic (exact) mass is 434 g/mol. The highest BCUT2D eigenvalue weighted by molar-refractivity contribution is 6.31. The zero-order chi connectivity index (χ0) is 21.4. The maximum Gasteiger partial charge on any atom is 0.254 e. The van der Waals surface area contributed by atoms with Gasteiger partial charge >= 0.3 is 0 Å². The molecule has 6 nitrogen and oxygen atoms in total. The summed E-state index contributed by atoms with van der Waals surface area (Å²) in [5, 5.41) is 0.670. The molecule has 1 aliphatic rings. The number of benzene rings is 2. The molecule has 0 N–H and O–H groups in total. The maximum atomic E-state index is 13.1. The number of nitrogens with zero attached hydrogens (tertiary/aromatic N) is 4. The molecule has 31 heavy (non-hydrogen) atoms. The van der Waals surface area contributed by atoms with Crippen molar-refractivity contribution in [2.24, 2.45) is 0 Å². The van der Waals surface area contributed by atoms with Gasteiger partial charge in [0, 0.05) is 43.0 Å². The molecule has 0 aliphatic carbocycles. The van der Waals surface area contributed by atoms with Crippen LogP contribution in [0.3, 0.4) is 0 Å². The first kappa shape index (κ1) is 19.7. The Labute approximate surface area is 185 Å². The fraction of sp³-hybridized carbons (Fsp3) is 0.250. The summed E-state index contributed by atoms with van der Waals surface area (Å²) in [6.45, 7) is 2.90. The highest BCUT2D eigenvalue weighted by atomic mass is 35.5. The van der Waals surface area contributed by atoms with E-state index in [0.29, 0.717) is 29.4 Å². The fourth-order valence-corrected chi connectivity index (χ4v) is 4.40. The lowest BCUT2D eigenvalue weighted by Gasteiger charge is -2.24. The molecule has 2 aromatic heterocycles. The number of rotatable bonds is 3. The van der Waals surface area contributed by atoms with Crippen LogP contribution in [0.15, 0.2) is 60.8 Å². The lowest BCUT2D eigenvalue weighted by molar-refractivity contribution is 0.0766. The Balaban J connectivity index is 1.43. The zero-order valence-electron chi connectivity index (χ0n) is 17.3. The van der Waals surface area contributed by atoms with Gasteiger partial charge in [-0.1, -0.05) is 17.7 Å². The lowest BCUT2D eigenvalue weighted by atomic mass is 10.2. The van der Waals surface area contributed by atoms with Crippen molar-refractivity contribution in [1.82, 2.24) is 14.3 Å². The van der Waals surface area contributed by atoms with E-state index in [-0.39, 0.29) is 5.91 Å². The van der Waals surface area contributed by atoms with Crippen molar-refractivity contribution in [3.63, 3.8) is 0 Å². The predicted molar refractivity (Wildman–Crippen MR) is 123 cm³/mol. The Kier molecular flexibility index (Phi) is 5.16. The summed E-state index contributed by atoms with van der Waals surface area (Å²) >= 11 is 6.23. The normalized spacial score (nSPS) is 14.8. The summed E-state index contributed by atoms with van der Waals surface area (Å²) in [4.78, 5) is 22.2.